The normalized spacial score (nSPS) is 15.0. The molecule has 1 saturated heterocycles. The van der Waals surface area contributed by atoms with E-state index < -0.39 is 0 Å². The highest BCUT2D eigenvalue weighted by Crippen LogP contribution is 2.21. The molecular formula is C19H23N3O3. The number of benzene rings is 1. The van der Waals surface area contributed by atoms with Crippen LogP contribution in [0.1, 0.15) is 28.9 Å². The molecule has 1 fully saturated rings. The summed E-state index contributed by atoms with van der Waals surface area (Å²) >= 11 is 0. The van der Waals surface area contributed by atoms with Crippen LogP contribution >= 0.6 is 0 Å². The van der Waals surface area contributed by atoms with Gasteiger partial charge in [-0.15, -0.1) is 0 Å². The monoisotopic (exact) mass is 341 g/mol. The van der Waals surface area contributed by atoms with Gasteiger partial charge in [0.25, 0.3) is 5.91 Å². The second kappa shape index (κ2) is 7.42. The summed E-state index contributed by atoms with van der Waals surface area (Å²) in [5.41, 5.74) is 2.42. The number of methoxy groups -OCH3 is 1. The molecule has 6 nitrogen and oxygen atoms in total. The molecule has 2 N–H and O–H groups in total. The van der Waals surface area contributed by atoms with Gasteiger partial charge in [0.05, 0.1) is 7.11 Å². The van der Waals surface area contributed by atoms with Crippen molar-refractivity contribution >= 4 is 11.6 Å². The summed E-state index contributed by atoms with van der Waals surface area (Å²) < 4.78 is 4.91. The third-order valence-electron chi connectivity index (χ3n) is 4.54. The zero-order valence-electron chi connectivity index (χ0n) is 14.5. The summed E-state index contributed by atoms with van der Waals surface area (Å²) in [4.78, 5) is 29.2. The molecule has 0 unspecified atom stereocenters. The van der Waals surface area contributed by atoms with Gasteiger partial charge in [0.2, 0.25) is 5.43 Å². The number of hydrogen-bond donors (Lipinski definition) is 2. The van der Waals surface area contributed by atoms with E-state index in [4.69, 9.17) is 4.74 Å². The number of piperidine rings is 1. The van der Waals surface area contributed by atoms with E-state index >= 15 is 0 Å². The Kier molecular flexibility index (Phi) is 5.07. The maximum absolute atomic E-state index is 12.3. The van der Waals surface area contributed by atoms with E-state index in [1.807, 2.05) is 0 Å². The Hall–Kier alpha value is -2.76. The van der Waals surface area contributed by atoms with Crippen molar-refractivity contribution in [1.82, 2.24) is 10.3 Å². The van der Waals surface area contributed by atoms with Crippen LogP contribution in [0.2, 0.25) is 0 Å². The van der Waals surface area contributed by atoms with Crippen LogP contribution in [-0.2, 0) is 0 Å². The van der Waals surface area contributed by atoms with E-state index in [0.717, 1.165) is 25.9 Å². The lowest BCUT2D eigenvalue weighted by molar-refractivity contribution is 0.0926. The van der Waals surface area contributed by atoms with Crippen LogP contribution in [0.5, 0.6) is 5.75 Å². The van der Waals surface area contributed by atoms with E-state index in [0.29, 0.717) is 0 Å². The fraction of sp³-hybridized carbons (Fsp3) is 0.368. The molecule has 0 saturated carbocycles. The minimum atomic E-state index is -0.305. The van der Waals surface area contributed by atoms with E-state index in [9.17, 15) is 9.59 Å². The maximum Gasteiger partial charge on any atom is 0.268 e. The third-order valence-corrected chi connectivity index (χ3v) is 4.54. The second-order valence-electron chi connectivity index (χ2n) is 6.35. The quantitative estimate of drug-likeness (QED) is 0.893. The number of ether oxygens (including phenoxy) is 1. The molecular weight excluding hydrogens is 318 g/mol. The van der Waals surface area contributed by atoms with Crippen molar-refractivity contribution in [1.29, 1.82) is 0 Å². The lowest BCUT2D eigenvalue weighted by atomic mass is 10.0. The average molecular weight is 341 g/mol. The predicted molar refractivity (Wildman–Crippen MR) is 97.5 cm³/mol. The Balaban J connectivity index is 1.57. The Bertz CT molecular complexity index is 808. The van der Waals surface area contributed by atoms with Gasteiger partial charge < -0.3 is 19.9 Å². The molecule has 6 heteroatoms. The molecule has 1 aliphatic heterocycles. The fourth-order valence-corrected chi connectivity index (χ4v) is 3.12. The molecule has 25 heavy (non-hydrogen) atoms. The number of anilines is 1. The topological polar surface area (TPSA) is 74.4 Å². The number of pyridine rings is 1. The first-order chi connectivity index (χ1) is 12.1. The first-order valence-electron chi connectivity index (χ1n) is 8.46. The molecule has 1 amide bonds. The Morgan fingerprint density at radius 3 is 2.68 bits per heavy atom. The minimum absolute atomic E-state index is 0.110. The molecule has 1 aliphatic rings. The lowest BCUT2D eigenvalue weighted by Crippen LogP contribution is -2.45. The number of H-pyrrole nitrogens is 1. The number of aromatic nitrogens is 1. The van der Waals surface area contributed by atoms with E-state index in [-0.39, 0.29) is 28.8 Å². The molecule has 0 atom stereocenters. The molecule has 132 valence electrons. The molecule has 0 spiro atoms. The van der Waals surface area contributed by atoms with E-state index in [1.54, 1.807) is 0 Å². The first kappa shape index (κ1) is 17.1. The highest BCUT2D eigenvalue weighted by atomic mass is 16.5. The summed E-state index contributed by atoms with van der Waals surface area (Å²) in [6, 6.07) is 9.84. The molecule has 3 rings (SSSR count). The Morgan fingerprint density at radius 2 is 2.04 bits per heavy atom. The average Bonchev–Trinajstić information content (AvgIpc) is 2.62. The summed E-state index contributed by atoms with van der Waals surface area (Å²) in [7, 11) is 1.42. The van der Waals surface area contributed by atoms with Crippen LogP contribution in [0.3, 0.4) is 0 Å². The van der Waals surface area contributed by atoms with Gasteiger partial charge in [0.15, 0.2) is 5.75 Å². The molecule has 2 heterocycles. The van der Waals surface area contributed by atoms with Crippen molar-refractivity contribution in [2.45, 2.75) is 25.8 Å². The Morgan fingerprint density at radius 1 is 1.28 bits per heavy atom. The SMILES string of the molecule is COc1c[nH]c(C(=O)NC2CCN(c3cccc(C)c3)CC2)cc1=O. The number of hydrogen-bond acceptors (Lipinski definition) is 4. The number of aryl methyl sites for hydroxylation is 1. The Labute approximate surface area is 146 Å². The van der Waals surface area contributed by atoms with Gasteiger partial charge in [-0.3, -0.25) is 9.59 Å². The summed E-state index contributed by atoms with van der Waals surface area (Å²) in [5.74, 6) is -0.0585. The number of rotatable bonds is 4. The zero-order chi connectivity index (χ0) is 17.8. The summed E-state index contributed by atoms with van der Waals surface area (Å²) in [6.45, 7) is 3.88. The van der Waals surface area contributed by atoms with Crippen LogP contribution in [0.4, 0.5) is 5.69 Å². The van der Waals surface area contributed by atoms with Crippen molar-refractivity contribution in [3.63, 3.8) is 0 Å². The van der Waals surface area contributed by atoms with Crippen LogP contribution in [0.15, 0.2) is 41.3 Å². The number of amides is 1. The second-order valence-corrected chi connectivity index (χ2v) is 6.35. The number of carbonyl (C=O) groups excluding carboxylic acids is 1. The molecule has 0 bridgehead atoms. The predicted octanol–water partition coefficient (Wildman–Crippen LogP) is 2.09. The minimum Gasteiger partial charge on any atom is -0.491 e. The van der Waals surface area contributed by atoms with Crippen LogP contribution in [0, 0.1) is 6.92 Å². The van der Waals surface area contributed by atoms with Crippen molar-refractivity contribution in [3.05, 3.63) is 58.0 Å². The van der Waals surface area contributed by atoms with Gasteiger partial charge in [-0.2, -0.15) is 0 Å². The van der Waals surface area contributed by atoms with Crippen molar-refractivity contribution in [3.8, 4) is 5.75 Å². The molecule has 2 aromatic rings. The summed E-state index contributed by atoms with van der Waals surface area (Å²) in [6.07, 6.45) is 3.16. The van der Waals surface area contributed by atoms with Crippen molar-refractivity contribution in [2.75, 3.05) is 25.1 Å². The molecule has 0 aliphatic carbocycles. The number of carbonyl (C=O) groups is 1. The number of nitrogens with zero attached hydrogens (tertiary/aromatic N) is 1. The van der Waals surface area contributed by atoms with E-state index in [2.05, 4.69) is 46.4 Å². The van der Waals surface area contributed by atoms with Crippen molar-refractivity contribution < 1.29 is 9.53 Å². The standard InChI is InChI=1S/C19H23N3O3/c1-13-4-3-5-15(10-13)22-8-6-14(7-9-22)21-19(24)16-11-17(23)18(25-2)12-20-16/h3-5,10-12,14H,6-9H2,1-2H3,(H,20,23)(H,21,24). The first-order valence-corrected chi connectivity index (χ1v) is 8.46. The largest absolute Gasteiger partial charge is 0.491 e. The maximum atomic E-state index is 12.3. The van der Waals surface area contributed by atoms with Gasteiger partial charge in [0.1, 0.15) is 5.69 Å². The van der Waals surface area contributed by atoms with Gasteiger partial charge in [-0.25, -0.2) is 0 Å². The van der Waals surface area contributed by atoms with Gasteiger partial charge in [0, 0.05) is 37.1 Å². The van der Waals surface area contributed by atoms with Crippen molar-refractivity contribution in [2.24, 2.45) is 0 Å². The van der Waals surface area contributed by atoms with Gasteiger partial charge in [-0.05, 0) is 37.5 Å². The molecule has 1 aromatic carbocycles. The number of aromatic amines is 1. The van der Waals surface area contributed by atoms with Gasteiger partial charge in [-0.1, -0.05) is 12.1 Å². The zero-order valence-corrected chi connectivity index (χ0v) is 14.5. The smallest absolute Gasteiger partial charge is 0.268 e. The number of nitrogens with one attached hydrogen (secondary N) is 2. The molecule has 1 aromatic heterocycles. The highest BCUT2D eigenvalue weighted by molar-refractivity contribution is 5.92. The van der Waals surface area contributed by atoms with Gasteiger partial charge >= 0.3 is 0 Å². The van der Waals surface area contributed by atoms with Crippen LogP contribution in [0.25, 0.3) is 0 Å². The highest BCUT2D eigenvalue weighted by Gasteiger charge is 2.22. The fourth-order valence-electron chi connectivity index (χ4n) is 3.12. The summed E-state index contributed by atoms with van der Waals surface area (Å²) in [5, 5.41) is 3.01. The van der Waals surface area contributed by atoms with Crippen LogP contribution in [-0.4, -0.2) is 37.1 Å². The third kappa shape index (κ3) is 4.02. The molecule has 0 radical (unpaired) electrons. The van der Waals surface area contributed by atoms with E-state index in [1.165, 1.54) is 30.6 Å². The van der Waals surface area contributed by atoms with Crippen LogP contribution < -0.4 is 20.4 Å². The lowest BCUT2D eigenvalue weighted by Gasteiger charge is -2.34.